The monoisotopic (exact) mass is 890 g/mol. The number of fused-ring (bicyclic) bond motifs is 11. The van der Waals surface area contributed by atoms with E-state index in [1.165, 1.54) is 88.7 Å². The number of hydrogen-bond acceptors (Lipinski definition) is 4. The van der Waals surface area contributed by atoms with Crippen LogP contribution in [0, 0.1) is 0 Å². The van der Waals surface area contributed by atoms with Gasteiger partial charge in [0.15, 0.2) is 11.2 Å². The van der Waals surface area contributed by atoms with Crippen LogP contribution in [0.2, 0.25) is 0 Å². The van der Waals surface area contributed by atoms with Crippen LogP contribution in [0.3, 0.4) is 0 Å². The molecular formula is C65H50N2O2. The molecule has 3 aliphatic rings. The van der Waals surface area contributed by atoms with Gasteiger partial charge in [-0.15, -0.1) is 0 Å². The van der Waals surface area contributed by atoms with Gasteiger partial charge in [-0.2, -0.15) is 0 Å². The molecule has 0 saturated heterocycles. The lowest BCUT2D eigenvalue weighted by Crippen LogP contribution is -2.30. The fourth-order valence-corrected chi connectivity index (χ4v) is 13.0. The second kappa shape index (κ2) is 14.1. The summed E-state index contributed by atoms with van der Waals surface area (Å²) in [7, 11) is 0. The molecule has 4 nitrogen and oxygen atoms in total. The van der Waals surface area contributed by atoms with Gasteiger partial charge in [0.1, 0.15) is 11.0 Å². The second-order valence-corrected chi connectivity index (χ2v) is 21.2. The van der Waals surface area contributed by atoms with E-state index in [1.807, 2.05) is 48.5 Å². The highest BCUT2D eigenvalue weighted by Gasteiger charge is 2.44. The van der Waals surface area contributed by atoms with Crippen molar-refractivity contribution in [2.45, 2.75) is 69.6 Å². The lowest BCUT2D eigenvalue weighted by molar-refractivity contribution is 0.594. The number of benzene rings is 9. The maximum Gasteiger partial charge on any atom is 0.227 e. The van der Waals surface area contributed by atoms with E-state index in [2.05, 4.69) is 175 Å². The molecule has 2 atom stereocenters. The third-order valence-corrected chi connectivity index (χ3v) is 16.4. The lowest BCUT2D eigenvalue weighted by atomic mass is 9.63. The number of oxazole rings is 2. The van der Waals surface area contributed by atoms with Crippen LogP contribution in [-0.2, 0) is 16.2 Å². The average molecular weight is 891 g/mol. The third kappa shape index (κ3) is 5.63. The molecule has 3 aliphatic carbocycles. The van der Waals surface area contributed by atoms with Gasteiger partial charge in [0, 0.05) is 39.2 Å². The van der Waals surface area contributed by atoms with Crippen molar-refractivity contribution in [1.29, 1.82) is 0 Å². The molecule has 0 radical (unpaired) electrons. The first-order valence-corrected chi connectivity index (χ1v) is 24.4. The summed E-state index contributed by atoms with van der Waals surface area (Å²) in [6.07, 6.45) is 0. The summed E-state index contributed by atoms with van der Waals surface area (Å²) in [4.78, 5) is 9.84. The maximum absolute atomic E-state index is 6.36. The fraction of sp³-hybridized carbons (Fsp3) is 0.169. The number of nitrogens with zero attached hydrogens (tertiary/aromatic N) is 2. The second-order valence-electron chi connectivity index (χ2n) is 21.2. The van der Waals surface area contributed by atoms with Crippen molar-refractivity contribution in [2.24, 2.45) is 0 Å². The zero-order valence-electron chi connectivity index (χ0n) is 39.7. The summed E-state index contributed by atoms with van der Waals surface area (Å²) in [5.74, 6) is 1.38. The topological polar surface area (TPSA) is 52.1 Å². The van der Waals surface area contributed by atoms with Gasteiger partial charge in [-0.1, -0.05) is 175 Å². The van der Waals surface area contributed by atoms with Gasteiger partial charge in [-0.05, 0) is 137 Å². The average Bonchev–Trinajstić information content (AvgIpc) is 4.07. The van der Waals surface area contributed by atoms with Crippen molar-refractivity contribution in [1.82, 2.24) is 9.97 Å². The molecule has 2 aromatic heterocycles. The highest BCUT2D eigenvalue weighted by molar-refractivity contribution is 6.05. The van der Waals surface area contributed by atoms with Crippen LogP contribution < -0.4 is 0 Å². The standard InChI is InChI=1S/C65H50N2O2/c1-63(2)48-21-11-9-19-42(48)58(44-31-28-38(34-51(44)63)61-66-54-23-13-15-25-56(54)68-61)37-27-30-46-50(33-37)65(5,6)53-36-47(40-17-7-8-18-41(40)60(46)53)59-43-20-10-12-22-49(43)64(3,4)52-35-39(29-32-45(52)59)62-67-55-24-14-16-26-57(55)69-62/h7-36,58-59H,1-6H3. The predicted molar refractivity (Wildman–Crippen MR) is 279 cm³/mol. The van der Waals surface area contributed by atoms with Crippen molar-refractivity contribution in [3.05, 3.63) is 249 Å². The smallest absolute Gasteiger partial charge is 0.227 e. The molecule has 14 rings (SSSR count). The van der Waals surface area contributed by atoms with Crippen LogP contribution in [-0.4, -0.2) is 9.97 Å². The first kappa shape index (κ1) is 40.3. The SMILES string of the molecule is CC1(C)c2ccccc2C(c2ccc3c(c2)C(C)(C)c2cc(C4c5ccccc5C(C)(C)c5cc(-c6nc7ccccc7o6)ccc54)c4ccccc4c2-3)c2ccc(-c3nc4ccccc4o3)cc21. The number of para-hydroxylation sites is 4. The Labute approximate surface area is 402 Å². The first-order chi connectivity index (χ1) is 33.5. The van der Waals surface area contributed by atoms with E-state index in [-0.39, 0.29) is 28.1 Å². The van der Waals surface area contributed by atoms with E-state index < -0.39 is 0 Å². The molecule has 9 aromatic carbocycles. The molecule has 332 valence electrons. The Hall–Kier alpha value is -7.82. The molecule has 0 aliphatic heterocycles. The van der Waals surface area contributed by atoms with Gasteiger partial charge < -0.3 is 8.83 Å². The summed E-state index contributed by atoms with van der Waals surface area (Å²) in [5, 5.41) is 2.60. The first-order valence-electron chi connectivity index (χ1n) is 24.4. The van der Waals surface area contributed by atoms with Gasteiger partial charge in [0.2, 0.25) is 11.8 Å². The van der Waals surface area contributed by atoms with Crippen LogP contribution >= 0.6 is 0 Å². The highest BCUT2D eigenvalue weighted by Crippen LogP contribution is 2.58. The maximum atomic E-state index is 6.36. The van der Waals surface area contributed by atoms with Crippen molar-refractivity contribution < 1.29 is 8.83 Å². The lowest BCUT2D eigenvalue weighted by Gasteiger charge is -2.40. The van der Waals surface area contributed by atoms with E-state index in [0.29, 0.717) is 11.8 Å². The van der Waals surface area contributed by atoms with E-state index in [1.54, 1.807) is 0 Å². The van der Waals surface area contributed by atoms with Crippen molar-refractivity contribution in [3.8, 4) is 34.0 Å². The fourth-order valence-electron chi connectivity index (χ4n) is 13.0. The largest absolute Gasteiger partial charge is 0.436 e. The Morgan fingerprint density at radius 1 is 0.362 bits per heavy atom. The molecule has 4 heteroatoms. The van der Waals surface area contributed by atoms with Gasteiger partial charge >= 0.3 is 0 Å². The van der Waals surface area contributed by atoms with E-state index in [9.17, 15) is 0 Å². The summed E-state index contributed by atoms with van der Waals surface area (Å²) < 4.78 is 12.7. The molecule has 11 aromatic rings. The molecule has 0 amide bonds. The minimum absolute atomic E-state index is 0.0189. The summed E-state index contributed by atoms with van der Waals surface area (Å²) in [6.45, 7) is 14.4. The van der Waals surface area contributed by atoms with Gasteiger partial charge in [-0.25, -0.2) is 9.97 Å². The predicted octanol–water partition coefficient (Wildman–Crippen LogP) is 16.4. The Kier molecular flexibility index (Phi) is 8.24. The van der Waals surface area contributed by atoms with Crippen LogP contribution in [0.4, 0.5) is 0 Å². The summed E-state index contributed by atoms with van der Waals surface area (Å²) in [5.41, 5.74) is 23.4. The molecular weight excluding hydrogens is 841 g/mol. The Morgan fingerprint density at radius 2 is 0.841 bits per heavy atom. The summed E-state index contributed by atoms with van der Waals surface area (Å²) >= 11 is 0. The minimum atomic E-state index is -0.278. The molecule has 0 N–H and O–H groups in total. The van der Waals surface area contributed by atoms with Gasteiger partial charge in [0.25, 0.3) is 0 Å². The highest BCUT2D eigenvalue weighted by atomic mass is 16.4. The molecule has 2 heterocycles. The molecule has 0 bridgehead atoms. The van der Waals surface area contributed by atoms with Crippen LogP contribution in [0.15, 0.2) is 191 Å². The third-order valence-electron chi connectivity index (χ3n) is 16.4. The Morgan fingerprint density at radius 3 is 1.43 bits per heavy atom. The zero-order valence-corrected chi connectivity index (χ0v) is 39.7. The van der Waals surface area contributed by atoms with Crippen molar-refractivity contribution in [3.63, 3.8) is 0 Å². The van der Waals surface area contributed by atoms with Crippen LogP contribution in [0.25, 0.3) is 67.0 Å². The number of aromatic nitrogens is 2. The number of hydrogen-bond donors (Lipinski definition) is 0. The Balaban J connectivity index is 0.926. The van der Waals surface area contributed by atoms with E-state index in [0.717, 1.165) is 33.3 Å². The molecule has 69 heavy (non-hydrogen) atoms. The van der Waals surface area contributed by atoms with Gasteiger partial charge in [-0.3, -0.25) is 0 Å². The molecule has 0 fully saturated rings. The normalized spacial score (nSPS) is 17.8. The summed E-state index contributed by atoms with van der Waals surface area (Å²) in [6, 6.07) is 67.2. The molecule has 0 saturated carbocycles. The van der Waals surface area contributed by atoms with Crippen molar-refractivity contribution >= 4 is 33.0 Å². The van der Waals surface area contributed by atoms with Gasteiger partial charge in [0.05, 0.1) is 0 Å². The van der Waals surface area contributed by atoms with E-state index >= 15 is 0 Å². The quantitative estimate of drug-likeness (QED) is 0.177. The number of rotatable bonds is 4. The zero-order chi connectivity index (χ0) is 46.6. The van der Waals surface area contributed by atoms with Crippen LogP contribution in [0.1, 0.15) is 120 Å². The van der Waals surface area contributed by atoms with E-state index in [4.69, 9.17) is 18.8 Å². The minimum Gasteiger partial charge on any atom is -0.436 e. The van der Waals surface area contributed by atoms with Crippen LogP contribution in [0.5, 0.6) is 0 Å². The molecule has 2 unspecified atom stereocenters. The Bertz CT molecular complexity index is 3910. The van der Waals surface area contributed by atoms with Crippen molar-refractivity contribution in [2.75, 3.05) is 0 Å². The molecule has 0 spiro atoms.